The molecule has 6 rings (SSSR count). The van der Waals surface area contributed by atoms with E-state index in [1.54, 1.807) is 24.8 Å². The number of pyridine rings is 2. The van der Waals surface area contributed by atoms with Crippen LogP contribution in [-0.2, 0) is 35.3 Å². The molecule has 5 aromatic rings. The zero-order valence-corrected chi connectivity index (χ0v) is 34.7. The fourth-order valence-corrected chi connectivity index (χ4v) is 7.82. The van der Waals surface area contributed by atoms with Crippen molar-refractivity contribution in [1.29, 1.82) is 0 Å². The van der Waals surface area contributed by atoms with Crippen molar-refractivity contribution < 1.29 is 28.3 Å². The van der Waals surface area contributed by atoms with Crippen LogP contribution < -0.4 is 26.3 Å². The van der Waals surface area contributed by atoms with Crippen LogP contribution in [0.5, 0.6) is 11.5 Å². The Balaban J connectivity index is 1.01. The molecule has 0 unspecified atom stereocenters. The molecule has 0 aliphatic carbocycles. The van der Waals surface area contributed by atoms with E-state index in [-0.39, 0.29) is 53.3 Å². The van der Waals surface area contributed by atoms with Crippen molar-refractivity contribution in [2.24, 2.45) is 0 Å². The van der Waals surface area contributed by atoms with Gasteiger partial charge in [0.1, 0.15) is 24.7 Å². The maximum absolute atomic E-state index is 13.3. The standard InChI is InChI=1S/C46H53ClN8O5/c47-43-45(49)54-44(48)42(53-43)46(58)52-37-10-5-27-55(30-37,25-3-8-33-13-19-40(20-14-33)59-31-38(56)17-11-35-6-1-23-50-28-35)26-4-9-34-15-21-41(22-16-34)60-32-39(57)18-12-36-7-2-24-51-29-36/h1-2,6-7,13-16,19-24,28-29,37H,3-5,8-12,17-18,25-27,30-32H2,(H4-,48,49,52,54,58)/p+1/t37-/m0/s1. The molecule has 314 valence electrons. The van der Waals surface area contributed by atoms with E-state index in [2.05, 4.69) is 49.5 Å². The Morgan fingerprint density at radius 3 is 1.73 bits per heavy atom. The number of hydrogen-bond donors (Lipinski definition) is 3. The van der Waals surface area contributed by atoms with E-state index >= 15 is 0 Å². The smallest absolute Gasteiger partial charge is 0.274 e. The number of nitrogens with two attached hydrogens (primary N) is 2. The highest BCUT2D eigenvalue weighted by Crippen LogP contribution is 2.25. The summed E-state index contributed by atoms with van der Waals surface area (Å²) in [5.74, 6) is 0.941. The number of ketones is 2. The van der Waals surface area contributed by atoms with Crippen LogP contribution in [0.25, 0.3) is 0 Å². The molecular weight excluding hydrogens is 780 g/mol. The Kier molecular flexibility index (Phi) is 15.9. The predicted molar refractivity (Wildman–Crippen MR) is 232 cm³/mol. The van der Waals surface area contributed by atoms with Crippen molar-refractivity contribution in [3.05, 3.63) is 131 Å². The van der Waals surface area contributed by atoms with Gasteiger partial charge in [-0.1, -0.05) is 48.0 Å². The fraction of sp³-hybridized carbons (Fsp3) is 0.370. The van der Waals surface area contributed by atoms with Crippen LogP contribution in [0.1, 0.15) is 71.3 Å². The zero-order valence-electron chi connectivity index (χ0n) is 33.9. The Hall–Kier alpha value is -5.92. The van der Waals surface area contributed by atoms with Crippen molar-refractivity contribution >= 4 is 40.7 Å². The lowest BCUT2D eigenvalue weighted by atomic mass is 9.99. The van der Waals surface area contributed by atoms with Gasteiger partial charge in [0, 0.05) is 50.5 Å². The lowest BCUT2D eigenvalue weighted by molar-refractivity contribution is -0.933. The number of quaternary nitrogens is 1. The van der Waals surface area contributed by atoms with Gasteiger partial charge < -0.3 is 30.7 Å². The van der Waals surface area contributed by atoms with Gasteiger partial charge in [-0.15, -0.1) is 0 Å². The molecule has 0 bridgehead atoms. The molecule has 4 heterocycles. The normalized spacial score (nSPS) is 14.6. The van der Waals surface area contributed by atoms with Gasteiger partial charge in [0.15, 0.2) is 34.0 Å². The van der Waals surface area contributed by atoms with E-state index in [1.807, 2.05) is 48.5 Å². The van der Waals surface area contributed by atoms with Crippen LogP contribution in [0.4, 0.5) is 11.6 Å². The van der Waals surface area contributed by atoms with Crippen molar-refractivity contribution in [3.63, 3.8) is 0 Å². The zero-order chi connectivity index (χ0) is 42.2. The highest BCUT2D eigenvalue weighted by molar-refractivity contribution is 6.31. The summed E-state index contributed by atoms with van der Waals surface area (Å²) < 4.78 is 12.5. The number of nitrogens with one attached hydrogen (secondary N) is 1. The molecule has 1 atom stereocenters. The van der Waals surface area contributed by atoms with Gasteiger partial charge in [0.05, 0.1) is 32.2 Å². The van der Waals surface area contributed by atoms with Crippen LogP contribution in [0, 0.1) is 0 Å². The van der Waals surface area contributed by atoms with Crippen molar-refractivity contribution in [3.8, 4) is 11.5 Å². The van der Waals surface area contributed by atoms with Gasteiger partial charge in [-0.25, -0.2) is 9.97 Å². The highest BCUT2D eigenvalue weighted by atomic mass is 35.5. The van der Waals surface area contributed by atoms with E-state index in [0.29, 0.717) is 37.2 Å². The number of Topliss-reactive ketones (excluding diaryl/α,β-unsaturated/α-hetero) is 2. The minimum absolute atomic E-state index is 0.0195. The van der Waals surface area contributed by atoms with Crippen molar-refractivity contribution in [2.75, 3.05) is 50.9 Å². The number of anilines is 2. The monoisotopic (exact) mass is 833 g/mol. The number of hydrogen-bond acceptors (Lipinski definition) is 11. The number of ether oxygens (including phenoxy) is 2. The van der Waals surface area contributed by atoms with Crippen molar-refractivity contribution in [1.82, 2.24) is 25.3 Å². The third kappa shape index (κ3) is 13.6. The molecule has 1 aliphatic heterocycles. The molecule has 13 nitrogen and oxygen atoms in total. The third-order valence-corrected chi connectivity index (χ3v) is 11.2. The second-order valence-electron chi connectivity index (χ2n) is 15.5. The van der Waals surface area contributed by atoms with Gasteiger partial charge >= 0.3 is 0 Å². The van der Waals surface area contributed by atoms with Gasteiger partial charge in [0.2, 0.25) is 0 Å². The lowest BCUT2D eigenvalue weighted by Crippen LogP contribution is -2.60. The van der Waals surface area contributed by atoms with E-state index in [9.17, 15) is 14.4 Å². The first kappa shape index (κ1) is 43.7. The summed E-state index contributed by atoms with van der Waals surface area (Å²) in [7, 11) is 0. The summed E-state index contributed by atoms with van der Waals surface area (Å²) in [5, 5.41) is 3.10. The SMILES string of the molecule is Nc1nc(N)c(C(=O)N[C@H]2CCC[N+](CCCc3ccc(OCC(=O)CCc4cccnc4)cc3)(CCCc3ccc(OCC(=O)CCc4cccnc4)cc3)C2)nc1Cl. The second-order valence-corrected chi connectivity index (χ2v) is 15.9. The number of carbonyl (C=O) groups is 3. The molecule has 1 aliphatic rings. The summed E-state index contributed by atoms with van der Waals surface area (Å²) in [6, 6.07) is 23.5. The number of amides is 1. The van der Waals surface area contributed by atoms with E-state index < -0.39 is 5.91 Å². The molecule has 1 fully saturated rings. The molecule has 0 spiro atoms. The first-order valence-corrected chi connectivity index (χ1v) is 21.0. The minimum Gasteiger partial charge on any atom is -0.486 e. The van der Waals surface area contributed by atoms with E-state index in [1.165, 1.54) is 11.1 Å². The number of aryl methyl sites for hydroxylation is 4. The van der Waals surface area contributed by atoms with E-state index in [4.69, 9.17) is 32.5 Å². The number of piperidine rings is 1. The number of halogens is 1. The molecular formula is C46H54ClN8O5+. The third-order valence-electron chi connectivity index (χ3n) is 10.9. The second kappa shape index (κ2) is 21.9. The van der Waals surface area contributed by atoms with Crippen molar-refractivity contribution in [2.45, 2.75) is 70.3 Å². The molecule has 0 saturated carbocycles. The predicted octanol–water partition coefficient (Wildman–Crippen LogP) is 6.22. The number of carbonyl (C=O) groups excluding carboxylic acids is 3. The molecule has 1 amide bonds. The molecule has 0 radical (unpaired) electrons. The first-order valence-electron chi connectivity index (χ1n) is 20.6. The number of aromatic nitrogens is 4. The van der Waals surface area contributed by atoms with Crippen LogP contribution in [0.15, 0.2) is 97.6 Å². The summed E-state index contributed by atoms with van der Waals surface area (Å²) in [6.07, 6.45) is 14.6. The summed E-state index contributed by atoms with van der Waals surface area (Å²) in [5.41, 5.74) is 16.2. The van der Waals surface area contributed by atoms with Crippen LogP contribution in [0.2, 0.25) is 5.15 Å². The maximum Gasteiger partial charge on any atom is 0.274 e. The van der Waals surface area contributed by atoms with Gasteiger partial charge in [-0.3, -0.25) is 24.4 Å². The number of rotatable bonds is 22. The topological polar surface area (TPSA) is 185 Å². The maximum atomic E-state index is 13.3. The fourth-order valence-electron chi connectivity index (χ4n) is 7.69. The number of nitrogens with zero attached hydrogens (tertiary/aromatic N) is 5. The quantitative estimate of drug-likeness (QED) is 0.0673. The Morgan fingerprint density at radius 2 is 1.23 bits per heavy atom. The largest absolute Gasteiger partial charge is 0.486 e. The summed E-state index contributed by atoms with van der Waals surface area (Å²) >= 11 is 6.09. The van der Waals surface area contributed by atoms with Gasteiger partial charge in [-0.05, 0) is 97.2 Å². The molecule has 60 heavy (non-hydrogen) atoms. The molecule has 5 N–H and O–H groups in total. The Morgan fingerprint density at radius 1 is 0.700 bits per heavy atom. The lowest BCUT2D eigenvalue weighted by Gasteiger charge is -2.45. The van der Waals surface area contributed by atoms with Crippen LogP contribution in [-0.4, -0.2) is 87.3 Å². The molecule has 1 saturated heterocycles. The number of likely N-dealkylation sites (tertiary alicyclic amines) is 1. The molecule has 14 heteroatoms. The Bertz CT molecular complexity index is 2050. The number of benzene rings is 2. The minimum atomic E-state index is -0.415. The average molecular weight is 834 g/mol. The van der Waals surface area contributed by atoms with Gasteiger partial charge in [-0.2, -0.15) is 0 Å². The molecule has 3 aromatic heterocycles. The number of nitrogen functional groups attached to an aromatic ring is 2. The summed E-state index contributed by atoms with van der Waals surface area (Å²) in [6.45, 7) is 3.72. The van der Waals surface area contributed by atoms with Crippen LogP contribution in [0.3, 0.4) is 0 Å². The average Bonchev–Trinajstić information content (AvgIpc) is 3.26. The van der Waals surface area contributed by atoms with Gasteiger partial charge in [0.25, 0.3) is 5.91 Å². The molecule has 2 aromatic carbocycles. The highest BCUT2D eigenvalue weighted by Gasteiger charge is 2.35. The Labute approximate surface area is 356 Å². The van der Waals surface area contributed by atoms with Crippen LogP contribution >= 0.6 is 11.6 Å². The summed E-state index contributed by atoms with van der Waals surface area (Å²) in [4.78, 5) is 54.5. The van der Waals surface area contributed by atoms with E-state index in [0.717, 1.165) is 80.3 Å². The first-order chi connectivity index (χ1) is 29.1.